The zero-order valence-corrected chi connectivity index (χ0v) is 14.0. The van der Waals surface area contributed by atoms with E-state index < -0.39 is 27.3 Å². The van der Waals surface area contributed by atoms with Gasteiger partial charge in [0.05, 0.1) is 10.6 Å². The fourth-order valence-corrected chi connectivity index (χ4v) is 3.47. The normalized spacial score (nSPS) is 11.3. The van der Waals surface area contributed by atoms with E-state index in [-0.39, 0.29) is 10.5 Å². The average Bonchev–Trinajstić information content (AvgIpc) is 2.61. The summed E-state index contributed by atoms with van der Waals surface area (Å²) in [6.07, 6.45) is 2.98. The fraction of sp³-hybridized carbons (Fsp3) is 0.0556. The Morgan fingerprint density at radius 1 is 0.920 bits per heavy atom. The van der Waals surface area contributed by atoms with Crippen molar-refractivity contribution in [3.63, 3.8) is 0 Å². The predicted molar refractivity (Wildman–Crippen MR) is 91.6 cm³/mol. The van der Waals surface area contributed by atoms with Gasteiger partial charge in [0.2, 0.25) is 0 Å². The summed E-state index contributed by atoms with van der Waals surface area (Å²) in [6.45, 7) is 1.75. The van der Waals surface area contributed by atoms with Crippen LogP contribution in [0.2, 0.25) is 0 Å². The van der Waals surface area contributed by atoms with Crippen molar-refractivity contribution >= 4 is 15.7 Å². The topological polar surface area (TPSA) is 59.1 Å². The molecule has 7 heteroatoms. The number of anilines is 1. The van der Waals surface area contributed by atoms with Crippen molar-refractivity contribution in [2.45, 2.75) is 11.8 Å². The molecule has 4 nitrogen and oxygen atoms in total. The summed E-state index contributed by atoms with van der Waals surface area (Å²) in [5.74, 6) is -2.40. The Hall–Kier alpha value is -2.80. The van der Waals surface area contributed by atoms with E-state index in [0.29, 0.717) is 5.56 Å². The molecule has 0 spiro atoms. The molecule has 25 heavy (non-hydrogen) atoms. The molecule has 0 fully saturated rings. The highest BCUT2D eigenvalue weighted by molar-refractivity contribution is 7.92. The van der Waals surface area contributed by atoms with Gasteiger partial charge in [-0.1, -0.05) is 18.2 Å². The minimum atomic E-state index is -4.01. The molecule has 1 heterocycles. The number of hydrogen-bond donors (Lipinski definition) is 1. The second-order valence-corrected chi connectivity index (χ2v) is 7.08. The molecular weight excluding hydrogens is 346 g/mol. The molecule has 1 aromatic heterocycles. The Morgan fingerprint density at radius 3 is 2.32 bits per heavy atom. The third-order valence-electron chi connectivity index (χ3n) is 3.71. The summed E-state index contributed by atoms with van der Waals surface area (Å²) in [5.41, 5.74) is 0.736. The van der Waals surface area contributed by atoms with Crippen LogP contribution in [-0.2, 0) is 10.0 Å². The van der Waals surface area contributed by atoms with E-state index >= 15 is 0 Å². The number of sulfonamides is 1. The van der Waals surface area contributed by atoms with Crippen LogP contribution in [0.25, 0.3) is 11.1 Å². The van der Waals surface area contributed by atoms with E-state index in [9.17, 15) is 17.2 Å². The second-order valence-electron chi connectivity index (χ2n) is 5.40. The van der Waals surface area contributed by atoms with Crippen LogP contribution in [0.5, 0.6) is 0 Å². The molecule has 0 unspecified atom stereocenters. The molecule has 0 amide bonds. The first kappa shape index (κ1) is 17.0. The van der Waals surface area contributed by atoms with Crippen LogP contribution in [0.4, 0.5) is 14.5 Å². The molecule has 3 rings (SSSR count). The molecule has 3 aromatic rings. The van der Waals surface area contributed by atoms with E-state index in [2.05, 4.69) is 9.71 Å². The quantitative estimate of drug-likeness (QED) is 0.761. The van der Waals surface area contributed by atoms with Crippen LogP contribution >= 0.6 is 0 Å². The van der Waals surface area contributed by atoms with Gasteiger partial charge in [0.25, 0.3) is 10.0 Å². The number of aromatic nitrogens is 1. The SMILES string of the molecule is Cc1ccncc1-c1ccc(NS(=O)(=O)c2ccccc2)c(F)c1F. The second kappa shape index (κ2) is 6.60. The third-order valence-corrected chi connectivity index (χ3v) is 5.09. The summed E-state index contributed by atoms with van der Waals surface area (Å²) in [7, 11) is -4.01. The summed E-state index contributed by atoms with van der Waals surface area (Å²) in [5, 5.41) is 0. The molecular formula is C18H14F2N2O2S. The summed E-state index contributed by atoms with van der Waals surface area (Å²) in [4.78, 5) is 3.87. The molecule has 0 bridgehead atoms. The summed E-state index contributed by atoms with van der Waals surface area (Å²) >= 11 is 0. The predicted octanol–water partition coefficient (Wildman–Crippen LogP) is 4.14. The average molecular weight is 360 g/mol. The molecule has 0 aliphatic carbocycles. The first-order valence-corrected chi connectivity index (χ1v) is 8.85. The van der Waals surface area contributed by atoms with Gasteiger partial charge in [0.15, 0.2) is 11.6 Å². The molecule has 2 aromatic carbocycles. The lowest BCUT2D eigenvalue weighted by atomic mass is 10.0. The Morgan fingerprint density at radius 2 is 1.64 bits per heavy atom. The summed E-state index contributed by atoms with van der Waals surface area (Å²) < 4.78 is 55.5. The van der Waals surface area contributed by atoms with E-state index in [1.54, 1.807) is 37.4 Å². The number of nitrogens with zero attached hydrogens (tertiary/aromatic N) is 1. The number of halogens is 2. The van der Waals surface area contributed by atoms with Crippen LogP contribution in [0.1, 0.15) is 5.56 Å². The first-order chi connectivity index (χ1) is 11.9. The van der Waals surface area contributed by atoms with Crippen LogP contribution < -0.4 is 4.72 Å². The van der Waals surface area contributed by atoms with E-state index in [4.69, 9.17) is 0 Å². The van der Waals surface area contributed by atoms with Crippen molar-refractivity contribution in [3.05, 3.63) is 78.1 Å². The molecule has 0 saturated carbocycles. The van der Waals surface area contributed by atoms with Crippen LogP contribution in [0, 0.1) is 18.6 Å². The molecule has 1 N–H and O–H groups in total. The van der Waals surface area contributed by atoms with Gasteiger partial charge in [-0.15, -0.1) is 0 Å². The zero-order valence-electron chi connectivity index (χ0n) is 13.2. The molecule has 128 valence electrons. The Bertz CT molecular complexity index is 1020. The Labute approximate surface area is 144 Å². The summed E-state index contributed by atoms with van der Waals surface area (Å²) in [6, 6.07) is 11.7. The van der Waals surface area contributed by atoms with Gasteiger partial charge in [-0.3, -0.25) is 9.71 Å². The van der Waals surface area contributed by atoms with E-state index in [1.807, 2.05) is 0 Å². The minimum Gasteiger partial charge on any atom is -0.277 e. The van der Waals surface area contributed by atoms with Gasteiger partial charge in [0, 0.05) is 23.5 Å². The van der Waals surface area contributed by atoms with Crippen molar-refractivity contribution in [1.29, 1.82) is 0 Å². The number of nitrogens with one attached hydrogen (secondary N) is 1. The van der Waals surface area contributed by atoms with Crippen LogP contribution in [0.15, 0.2) is 65.8 Å². The number of rotatable bonds is 4. The van der Waals surface area contributed by atoms with Crippen LogP contribution in [0.3, 0.4) is 0 Å². The maximum Gasteiger partial charge on any atom is 0.261 e. The van der Waals surface area contributed by atoms with Gasteiger partial charge in [-0.25, -0.2) is 17.2 Å². The largest absolute Gasteiger partial charge is 0.277 e. The molecule has 0 aliphatic rings. The lowest BCUT2D eigenvalue weighted by molar-refractivity contribution is 0.514. The molecule has 0 radical (unpaired) electrons. The number of aryl methyl sites for hydroxylation is 1. The molecule has 0 atom stereocenters. The maximum atomic E-state index is 14.5. The third kappa shape index (κ3) is 3.36. The van der Waals surface area contributed by atoms with Gasteiger partial charge >= 0.3 is 0 Å². The number of hydrogen-bond acceptors (Lipinski definition) is 3. The Balaban J connectivity index is 2.01. The lowest BCUT2D eigenvalue weighted by Crippen LogP contribution is -2.14. The molecule has 0 saturated heterocycles. The van der Waals surface area contributed by atoms with E-state index in [0.717, 1.165) is 5.56 Å². The Kier molecular flexibility index (Phi) is 4.50. The number of benzene rings is 2. The van der Waals surface area contributed by atoms with Gasteiger partial charge in [0.1, 0.15) is 0 Å². The van der Waals surface area contributed by atoms with Crippen molar-refractivity contribution in [3.8, 4) is 11.1 Å². The van der Waals surface area contributed by atoms with E-state index in [1.165, 1.54) is 30.5 Å². The van der Waals surface area contributed by atoms with Crippen molar-refractivity contribution in [2.24, 2.45) is 0 Å². The maximum absolute atomic E-state index is 14.5. The van der Waals surface area contributed by atoms with Crippen molar-refractivity contribution < 1.29 is 17.2 Å². The highest BCUT2D eigenvalue weighted by Gasteiger charge is 2.20. The van der Waals surface area contributed by atoms with Gasteiger partial charge in [-0.05, 0) is 42.8 Å². The molecule has 0 aliphatic heterocycles. The zero-order chi connectivity index (χ0) is 18.0. The van der Waals surface area contributed by atoms with Crippen molar-refractivity contribution in [1.82, 2.24) is 4.98 Å². The first-order valence-electron chi connectivity index (χ1n) is 7.37. The highest BCUT2D eigenvalue weighted by Crippen LogP contribution is 2.31. The monoisotopic (exact) mass is 360 g/mol. The highest BCUT2D eigenvalue weighted by atomic mass is 32.2. The number of pyridine rings is 1. The smallest absolute Gasteiger partial charge is 0.261 e. The minimum absolute atomic E-state index is 0.0192. The lowest BCUT2D eigenvalue weighted by Gasteiger charge is -2.12. The van der Waals surface area contributed by atoms with Gasteiger partial charge in [-0.2, -0.15) is 0 Å². The van der Waals surface area contributed by atoms with Gasteiger partial charge < -0.3 is 0 Å². The van der Waals surface area contributed by atoms with Crippen molar-refractivity contribution in [2.75, 3.05) is 4.72 Å². The van der Waals surface area contributed by atoms with Crippen LogP contribution in [-0.4, -0.2) is 13.4 Å². The fourth-order valence-electron chi connectivity index (χ4n) is 2.39. The standard InChI is InChI=1S/C18H14F2N2O2S/c1-12-9-10-21-11-15(12)14-7-8-16(18(20)17(14)19)22-25(23,24)13-5-3-2-4-6-13/h2-11,22H,1H3.